The number of carbonyl (C=O) groups excluding carboxylic acids is 3. The fourth-order valence-electron chi connectivity index (χ4n) is 8.82. The summed E-state index contributed by atoms with van der Waals surface area (Å²) in [4.78, 5) is 40.1. The number of ether oxygens (including phenoxy) is 5. The second kappa shape index (κ2) is 32.9. The summed E-state index contributed by atoms with van der Waals surface area (Å²) in [5.41, 5.74) is 12.4. The number of amides is 2. The lowest BCUT2D eigenvalue weighted by Crippen LogP contribution is -2.31. The van der Waals surface area contributed by atoms with Crippen molar-refractivity contribution in [3.05, 3.63) is 263 Å². The number of aromatic hydroxyl groups is 1. The van der Waals surface area contributed by atoms with Crippen LogP contribution in [0, 0.1) is 5.41 Å². The van der Waals surface area contributed by atoms with Gasteiger partial charge in [-0.25, -0.2) is 9.59 Å². The molecule has 0 aliphatic carbocycles. The molecule has 11 nitrogen and oxygen atoms in total. The van der Waals surface area contributed by atoms with Gasteiger partial charge in [0.15, 0.2) is 0 Å². The normalized spacial score (nSPS) is 11.4. The Kier molecular flexibility index (Phi) is 25.0. The highest BCUT2D eigenvalue weighted by Gasteiger charge is 2.24. The number of benzene rings is 8. The Morgan fingerprint density at radius 2 is 0.726 bits per heavy atom. The molecule has 84 heavy (non-hydrogen) atoms. The Morgan fingerprint density at radius 1 is 0.417 bits per heavy atom. The topological polar surface area (TPSA) is 124 Å². The molecule has 8 aromatic rings. The van der Waals surface area contributed by atoms with E-state index in [1.165, 1.54) is 26.5 Å². The molecule has 0 bridgehead atoms. The van der Waals surface area contributed by atoms with E-state index in [0.717, 1.165) is 68.7 Å². The molecule has 0 fully saturated rings. The summed E-state index contributed by atoms with van der Waals surface area (Å²) in [5.74, 6) is 1.92. The fourth-order valence-corrected chi connectivity index (χ4v) is 8.82. The zero-order chi connectivity index (χ0) is 60.3. The van der Waals surface area contributed by atoms with Crippen LogP contribution in [-0.4, -0.2) is 73.5 Å². The molecule has 2 amide bonds. The highest BCUT2D eigenvalue weighted by Crippen LogP contribution is 2.38. The minimum Gasteiger partial charge on any atom is -0.508 e. The number of allylic oxidation sites excluding steroid dienone is 2. The van der Waals surface area contributed by atoms with Gasteiger partial charge < -0.3 is 38.6 Å². The largest absolute Gasteiger partial charge is 0.508 e. The maximum absolute atomic E-state index is 12.4. The molecule has 0 atom stereocenters. The average Bonchev–Trinajstić information content (AvgIpc) is 3.72. The SMILES string of the molecule is CC.CC/C(=C(/c1ccc(OCCN(C)C(=O)OCc2ccccc2)cc1)c1ccc(OC(=O)C(C)(C)C)cc1)c1ccccc1.CC/C(=C(\c1ccc(O)cc1)c1ccc(OCCN(C)C(=O)OCc2ccccc2)cc1)c1ccccc1. The summed E-state index contributed by atoms with van der Waals surface area (Å²) in [6.07, 6.45) is 0.898. The highest BCUT2D eigenvalue weighted by molar-refractivity contribution is 5.99. The molecular formula is C73H80N2O9. The molecule has 0 radical (unpaired) electrons. The van der Waals surface area contributed by atoms with E-state index in [4.69, 9.17) is 23.7 Å². The molecule has 11 heteroatoms. The monoisotopic (exact) mass is 1130 g/mol. The fraction of sp³-hybridized carbons (Fsp3) is 0.247. The number of phenolic OH excluding ortho intramolecular Hbond substituents is 1. The predicted molar refractivity (Wildman–Crippen MR) is 339 cm³/mol. The quantitative estimate of drug-likeness (QED) is 0.0425. The van der Waals surface area contributed by atoms with Gasteiger partial charge in [0.05, 0.1) is 18.5 Å². The van der Waals surface area contributed by atoms with E-state index in [-0.39, 0.29) is 31.0 Å². The first kappa shape index (κ1) is 63.8. The van der Waals surface area contributed by atoms with Gasteiger partial charge in [-0.1, -0.05) is 198 Å². The first-order valence-electron chi connectivity index (χ1n) is 28.7. The summed E-state index contributed by atoms with van der Waals surface area (Å²) in [6, 6.07) is 70.9. The summed E-state index contributed by atoms with van der Waals surface area (Å²) in [7, 11) is 3.40. The van der Waals surface area contributed by atoms with Crippen molar-refractivity contribution in [2.24, 2.45) is 5.41 Å². The van der Waals surface area contributed by atoms with Crippen LogP contribution in [-0.2, 0) is 27.5 Å². The van der Waals surface area contributed by atoms with E-state index in [1.807, 2.05) is 204 Å². The van der Waals surface area contributed by atoms with Crippen LogP contribution >= 0.6 is 0 Å². The lowest BCUT2D eigenvalue weighted by molar-refractivity contribution is -0.143. The third kappa shape index (κ3) is 19.4. The van der Waals surface area contributed by atoms with Crippen LogP contribution in [0.5, 0.6) is 23.0 Å². The Balaban J connectivity index is 0.000000264. The van der Waals surface area contributed by atoms with E-state index in [1.54, 1.807) is 26.2 Å². The van der Waals surface area contributed by atoms with E-state index < -0.39 is 11.5 Å². The molecule has 0 heterocycles. The lowest BCUT2D eigenvalue weighted by Gasteiger charge is -2.19. The molecule has 8 aromatic carbocycles. The maximum atomic E-state index is 12.4. The van der Waals surface area contributed by atoms with Gasteiger partial charge in [-0.05, 0) is 149 Å². The Hall–Kier alpha value is -9.35. The minimum absolute atomic E-state index is 0.232. The van der Waals surface area contributed by atoms with Crippen molar-refractivity contribution in [1.82, 2.24) is 9.80 Å². The molecule has 0 saturated heterocycles. The first-order valence-corrected chi connectivity index (χ1v) is 28.7. The summed E-state index contributed by atoms with van der Waals surface area (Å²) >= 11 is 0. The Bertz CT molecular complexity index is 3320. The van der Waals surface area contributed by atoms with Crippen molar-refractivity contribution >= 4 is 40.4 Å². The van der Waals surface area contributed by atoms with E-state index >= 15 is 0 Å². The van der Waals surface area contributed by atoms with Crippen molar-refractivity contribution < 1.29 is 43.2 Å². The second-order valence-electron chi connectivity index (χ2n) is 20.5. The maximum Gasteiger partial charge on any atom is 0.409 e. The Labute approximate surface area is 497 Å². The van der Waals surface area contributed by atoms with Crippen LogP contribution in [0.3, 0.4) is 0 Å². The number of carbonyl (C=O) groups is 3. The highest BCUT2D eigenvalue weighted by atomic mass is 16.6. The molecule has 1 N–H and O–H groups in total. The van der Waals surface area contributed by atoms with Crippen molar-refractivity contribution in [3.8, 4) is 23.0 Å². The first-order chi connectivity index (χ1) is 40.7. The number of hydrogen-bond donors (Lipinski definition) is 1. The second-order valence-corrected chi connectivity index (χ2v) is 20.5. The van der Waals surface area contributed by atoms with Crippen molar-refractivity contribution in [3.63, 3.8) is 0 Å². The van der Waals surface area contributed by atoms with Crippen LogP contribution in [0.15, 0.2) is 218 Å². The molecule has 0 aliphatic heterocycles. The number of phenols is 1. The van der Waals surface area contributed by atoms with E-state index in [0.29, 0.717) is 37.8 Å². The van der Waals surface area contributed by atoms with Crippen LogP contribution in [0.1, 0.15) is 106 Å². The van der Waals surface area contributed by atoms with Gasteiger partial charge in [0.2, 0.25) is 0 Å². The van der Waals surface area contributed by atoms with Crippen molar-refractivity contribution in [1.29, 1.82) is 0 Å². The molecular weight excluding hydrogens is 1050 g/mol. The van der Waals surface area contributed by atoms with Crippen LogP contribution in [0.2, 0.25) is 0 Å². The molecule has 0 aromatic heterocycles. The van der Waals surface area contributed by atoms with Crippen LogP contribution in [0.25, 0.3) is 22.3 Å². The van der Waals surface area contributed by atoms with Gasteiger partial charge in [0.1, 0.15) is 49.4 Å². The van der Waals surface area contributed by atoms with Crippen LogP contribution < -0.4 is 14.2 Å². The van der Waals surface area contributed by atoms with Gasteiger partial charge in [-0.15, -0.1) is 0 Å². The van der Waals surface area contributed by atoms with Crippen molar-refractivity contribution in [2.45, 2.75) is 74.5 Å². The van der Waals surface area contributed by atoms with Gasteiger partial charge >= 0.3 is 18.2 Å². The molecule has 0 unspecified atom stereocenters. The molecule has 0 spiro atoms. The molecule has 0 saturated carbocycles. The summed E-state index contributed by atoms with van der Waals surface area (Å²) in [6.45, 7) is 15.8. The van der Waals surface area contributed by atoms with E-state index in [9.17, 15) is 19.5 Å². The third-order valence-corrected chi connectivity index (χ3v) is 13.4. The number of rotatable bonds is 21. The standard InChI is InChI=1S/C38H41NO5.C33H33NO4.C2H6/c1-6-34(29-15-11-8-12-16-29)35(31-19-23-33(24-20-31)44-36(40)38(2,3)4)30-17-21-32(22-18-30)42-26-25-39(5)37(41)43-27-28-13-9-7-10-14-28;1-3-31(26-12-8-5-9-13-26)32(27-14-18-29(35)19-15-27)28-16-20-30(21-17-28)37-23-22-34(2)33(36)38-24-25-10-6-4-7-11-25;1-2/h7-24H,6,25-27H2,1-5H3;4-21,35H,3,22-24H2,1-2H3;1-2H3/b35-34+;32-31-;. The molecule has 0 aliphatic rings. The lowest BCUT2D eigenvalue weighted by atomic mass is 9.88. The minimum atomic E-state index is -0.586. The van der Waals surface area contributed by atoms with Crippen LogP contribution in [0.4, 0.5) is 9.59 Å². The van der Waals surface area contributed by atoms with Gasteiger partial charge in [0, 0.05) is 14.1 Å². The van der Waals surface area contributed by atoms with Crippen molar-refractivity contribution in [2.75, 3.05) is 40.4 Å². The number of nitrogens with zero attached hydrogens (tertiary/aromatic N) is 2. The Morgan fingerprint density at radius 3 is 1.05 bits per heavy atom. The average molecular weight is 1130 g/mol. The molecule has 436 valence electrons. The molecule has 8 rings (SSSR count). The number of hydrogen-bond acceptors (Lipinski definition) is 9. The number of esters is 1. The van der Waals surface area contributed by atoms with Gasteiger partial charge in [0.25, 0.3) is 0 Å². The number of likely N-dealkylation sites (N-methyl/N-ethyl adjacent to an activating group) is 2. The smallest absolute Gasteiger partial charge is 0.409 e. The van der Waals surface area contributed by atoms with E-state index in [2.05, 4.69) is 50.2 Å². The third-order valence-electron chi connectivity index (χ3n) is 13.4. The summed E-state index contributed by atoms with van der Waals surface area (Å²) < 4.78 is 28.2. The zero-order valence-corrected chi connectivity index (χ0v) is 50.0. The van der Waals surface area contributed by atoms with Gasteiger partial charge in [-0.3, -0.25) is 4.79 Å². The predicted octanol–water partition coefficient (Wildman–Crippen LogP) is 17.1. The summed E-state index contributed by atoms with van der Waals surface area (Å²) in [5, 5.41) is 9.83. The van der Waals surface area contributed by atoms with Gasteiger partial charge in [-0.2, -0.15) is 0 Å². The zero-order valence-electron chi connectivity index (χ0n) is 50.0.